The van der Waals surface area contributed by atoms with Crippen LogP contribution >= 0.6 is 0 Å². The van der Waals surface area contributed by atoms with Gasteiger partial charge in [-0.15, -0.1) is 0 Å². The summed E-state index contributed by atoms with van der Waals surface area (Å²) in [6.45, 7) is 5.88. The molecule has 106 valence electrons. The number of hydrogen-bond donors (Lipinski definition) is 1. The van der Waals surface area contributed by atoms with Crippen molar-refractivity contribution in [3.8, 4) is 5.69 Å². The summed E-state index contributed by atoms with van der Waals surface area (Å²) < 4.78 is 1.80. The fourth-order valence-electron chi connectivity index (χ4n) is 1.99. The van der Waals surface area contributed by atoms with Gasteiger partial charge < -0.3 is 5.32 Å². The molecule has 0 atom stereocenters. The van der Waals surface area contributed by atoms with E-state index >= 15 is 0 Å². The van der Waals surface area contributed by atoms with E-state index in [1.54, 1.807) is 16.8 Å². The second kappa shape index (κ2) is 6.29. The molecule has 6 nitrogen and oxygen atoms in total. The standard InChI is InChI=1S/C14H18N4O2/c1-3-8-15-9-12-10-16-17(11(12)2)13-4-6-14(7-5-13)18(19)20/h4-7,10,15H,3,8-9H2,1-2H3. The lowest BCUT2D eigenvalue weighted by atomic mass is 10.2. The molecule has 2 rings (SSSR count). The van der Waals surface area contributed by atoms with Gasteiger partial charge in [-0.3, -0.25) is 10.1 Å². The Hall–Kier alpha value is -2.21. The highest BCUT2D eigenvalue weighted by Crippen LogP contribution is 2.17. The van der Waals surface area contributed by atoms with Crippen molar-refractivity contribution < 1.29 is 4.92 Å². The first-order valence-electron chi connectivity index (χ1n) is 6.62. The van der Waals surface area contributed by atoms with Crippen LogP contribution in [0.2, 0.25) is 0 Å². The van der Waals surface area contributed by atoms with E-state index < -0.39 is 4.92 Å². The Kier molecular flexibility index (Phi) is 4.47. The zero-order chi connectivity index (χ0) is 14.5. The Balaban J connectivity index is 2.18. The van der Waals surface area contributed by atoms with Crippen LogP contribution in [-0.2, 0) is 6.54 Å². The van der Waals surface area contributed by atoms with E-state index in [0.29, 0.717) is 0 Å². The maximum absolute atomic E-state index is 10.6. The van der Waals surface area contributed by atoms with Gasteiger partial charge in [0, 0.05) is 29.9 Å². The molecule has 6 heteroatoms. The van der Waals surface area contributed by atoms with Gasteiger partial charge in [-0.1, -0.05) is 6.92 Å². The van der Waals surface area contributed by atoms with Crippen molar-refractivity contribution in [1.82, 2.24) is 15.1 Å². The molecule has 0 aliphatic heterocycles. The molecule has 0 aliphatic carbocycles. The summed E-state index contributed by atoms with van der Waals surface area (Å²) in [5.74, 6) is 0. The highest BCUT2D eigenvalue weighted by Gasteiger charge is 2.09. The number of nitro benzene ring substituents is 1. The first kappa shape index (κ1) is 14.2. The van der Waals surface area contributed by atoms with Crippen molar-refractivity contribution in [2.75, 3.05) is 6.54 Å². The average Bonchev–Trinajstić information content (AvgIpc) is 2.81. The maximum atomic E-state index is 10.6. The quantitative estimate of drug-likeness (QED) is 0.499. The highest BCUT2D eigenvalue weighted by atomic mass is 16.6. The van der Waals surface area contributed by atoms with E-state index in [1.165, 1.54) is 12.1 Å². The number of nitrogens with one attached hydrogen (secondary N) is 1. The molecule has 0 unspecified atom stereocenters. The zero-order valence-electron chi connectivity index (χ0n) is 11.7. The van der Waals surface area contributed by atoms with Crippen molar-refractivity contribution in [3.05, 3.63) is 51.8 Å². The van der Waals surface area contributed by atoms with Crippen molar-refractivity contribution in [2.24, 2.45) is 0 Å². The minimum Gasteiger partial charge on any atom is -0.313 e. The largest absolute Gasteiger partial charge is 0.313 e. The monoisotopic (exact) mass is 274 g/mol. The van der Waals surface area contributed by atoms with E-state index in [9.17, 15) is 10.1 Å². The molecule has 1 N–H and O–H groups in total. The van der Waals surface area contributed by atoms with Crippen LogP contribution < -0.4 is 5.32 Å². The lowest BCUT2D eigenvalue weighted by Gasteiger charge is -2.06. The van der Waals surface area contributed by atoms with Crippen LogP contribution in [0.5, 0.6) is 0 Å². The predicted molar refractivity (Wildman–Crippen MR) is 77.0 cm³/mol. The number of nitro groups is 1. The van der Waals surface area contributed by atoms with Crippen LogP contribution in [0.15, 0.2) is 30.5 Å². The summed E-state index contributed by atoms with van der Waals surface area (Å²) >= 11 is 0. The second-order valence-corrected chi connectivity index (χ2v) is 4.62. The fraction of sp³-hybridized carbons (Fsp3) is 0.357. The van der Waals surface area contributed by atoms with Gasteiger partial charge in [0.15, 0.2) is 0 Å². The topological polar surface area (TPSA) is 73.0 Å². The van der Waals surface area contributed by atoms with Crippen molar-refractivity contribution in [1.29, 1.82) is 0 Å². The van der Waals surface area contributed by atoms with Crippen LogP contribution in [0.4, 0.5) is 5.69 Å². The molecular formula is C14H18N4O2. The molecule has 0 spiro atoms. The minimum absolute atomic E-state index is 0.0865. The average molecular weight is 274 g/mol. The molecule has 1 aromatic carbocycles. The molecule has 0 bridgehead atoms. The molecule has 0 fully saturated rings. The first-order valence-corrected chi connectivity index (χ1v) is 6.62. The fourth-order valence-corrected chi connectivity index (χ4v) is 1.99. The third-order valence-electron chi connectivity index (χ3n) is 3.16. The SMILES string of the molecule is CCCNCc1cnn(-c2ccc([N+](=O)[O-])cc2)c1C. The van der Waals surface area contributed by atoms with E-state index in [-0.39, 0.29) is 5.69 Å². The van der Waals surface area contributed by atoms with Gasteiger partial charge in [0.1, 0.15) is 0 Å². The molecule has 2 aromatic rings. The molecule has 0 aliphatic rings. The van der Waals surface area contributed by atoms with Gasteiger partial charge in [0.05, 0.1) is 16.8 Å². The molecule has 0 amide bonds. The van der Waals surface area contributed by atoms with Crippen LogP contribution in [0, 0.1) is 17.0 Å². The summed E-state index contributed by atoms with van der Waals surface area (Å²) in [6.07, 6.45) is 2.93. The first-order chi connectivity index (χ1) is 9.63. The van der Waals surface area contributed by atoms with Gasteiger partial charge in [-0.25, -0.2) is 4.68 Å². The second-order valence-electron chi connectivity index (χ2n) is 4.62. The Bertz CT molecular complexity index is 590. The van der Waals surface area contributed by atoms with Crippen LogP contribution in [0.3, 0.4) is 0 Å². The Morgan fingerprint density at radius 2 is 2.05 bits per heavy atom. The van der Waals surface area contributed by atoms with Crippen molar-refractivity contribution in [3.63, 3.8) is 0 Å². The lowest BCUT2D eigenvalue weighted by molar-refractivity contribution is -0.384. The number of nitrogens with zero attached hydrogens (tertiary/aromatic N) is 3. The van der Waals surface area contributed by atoms with Crippen LogP contribution in [-0.4, -0.2) is 21.2 Å². The number of hydrogen-bond acceptors (Lipinski definition) is 4. The van der Waals surface area contributed by atoms with Crippen molar-refractivity contribution >= 4 is 5.69 Å². The van der Waals surface area contributed by atoms with Crippen molar-refractivity contribution in [2.45, 2.75) is 26.8 Å². The number of non-ortho nitro benzene ring substituents is 1. The van der Waals surface area contributed by atoms with E-state index in [1.807, 2.05) is 13.1 Å². The number of rotatable bonds is 6. The smallest absolute Gasteiger partial charge is 0.269 e. The molecule has 0 saturated carbocycles. The number of aromatic nitrogens is 2. The normalized spacial score (nSPS) is 10.7. The molecule has 0 radical (unpaired) electrons. The minimum atomic E-state index is -0.403. The molecule has 0 saturated heterocycles. The molecule has 1 heterocycles. The number of benzene rings is 1. The van der Waals surface area contributed by atoms with E-state index in [4.69, 9.17) is 0 Å². The Morgan fingerprint density at radius 1 is 1.35 bits per heavy atom. The Morgan fingerprint density at radius 3 is 2.65 bits per heavy atom. The van der Waals surface area contributed by atoms with E-state index in [0.717, 1.165) is 36.5 Å². The summed E-state index contributed by atoms with van der Waals surface area (Å²) in [5, 5.41) is 18.3. The van der Waals surface area contributed by atoms with E-state index in [2.05, 4.69) is 17.3 Å². The summed E-state index contributed by atoms with van der Waals surface area (Å²) in [5.41, 5.74) is 3.09. The Labute approximate surface area is 117 Å². The van der Waals surface area contributed by atoms with Gasteiger partial charge in [0.25, 0.3) is 5.69 Å². The lowest BCUT2D eigenvalue weighted by Crippen LogP contribution is -2.14. The third kappa shape index (κ3) is 3.03. The van der Waals surface area contributed by atoms with Crippen LogP contribution in [0.25, 0.3) is 5.69 Å². The molecule has 1 aromatic heterocycles. The van der Waals surface area contributed by atoms with Gasteiger partial charge >= 0.3 is 0 Å². The predicted octanol–water partition coefficient (Wildman–Crippen LogP) is 2.59. The third-order valence-corrected chi connectivity index (χ3v) is 3.16. The van der Waals surface area contributed by atoms with Gasteiger partial charge in [0.2, 0.25) is 0 Å². The van der Waals surface area contributed by atoms with Gasteiger partial charge in [-0.05, 0) is 32.0 Å². The highest BCUT2D eigenvalue weighted by molar-refractivity contribution is 5.41. The zero-order valence-corrected chi connectivity index (χ0v) is 11.7. The summed E-state index contributed by atoms with van der Waals surface area (Å²) in [4.78, 5) is 10.2. The summed E-state index contributed by atoms with van der Waals surface area (Å²) in [7, 11) is 0. The van der Waals surface area contributed by atoms with Gasteiger partial charge in [-0.2, -0.15) is 5.10 Å². The molecular weight excluding hydrogens is 256 g/mol. The summed E-state index contributed by atoms with van der Waals surface area (Å²) in [6, 6.07) is 6.40. The molecule has 20 heavy (non-hydrogen) atoms. The maximum Gasteiger partial charge on any atom is 0.269 e. The van der Waals surface area contributed by atoms with Crippen LogP contribution in [0.1, 0.15) is 24.6 Å².